The lowest BCUT2D eigenvalue weighted by molar-refractivity contribution is -0.105. The second-order valence-electron chi connectivity index (χ2n) is 4.12. The minimum absolute atomic E-state index is 0.689. The number of amides is 1. The molecule has 0 radical (unpaired) electrons. The van der Waals surface area contributed by atoms with E-state index in [0.29, 0.717) is 6.41 Å². The predicted octanol–water partition coefficient (Wildman–Crippen LogP) is 3.15. The van der Waals surface area contributed by atoms with E-state index in [-0.39, 0.29) is 0 Å². The summed E-state index contributed by atoms with van der Waals surface area (Å²) < 4.78 is 0. The fraction of sp³-hybridized carbons (Fsp3) is 0.133. The molecule has 2 rings (SSSR count). The van der Waals surface area contributed by atoms with Crippen molar-refractivity contribution in [1.82, 2.24) is 0 Å². The Hall–Kier alpha value is -2.09. The van der Waals surface area contributed by atoms with Gasteiger partial charge in [0.05, 0.1) is 0 Å². The Bertz CT molecular complexity index is 485. The summed E-state index contributed by atoms with van der Waals surface area (Å²) in [6, 6.07) is 16.4. The topological polar surface area (TPSA) is 29.1 Å². The molecule has 0 aliphatic heterocycles. The fourth-order valence-corrected chi connectivity index (χ4v) is 1.73. The van der Waals surface area contributed by atoms with Crippen molar-refractivity contribution in [2.45, 2.75) is 13.3 Å². The molecule has 0 saturated carbocycles. The number of benzene rings is 2. The summed E-state index contributed by atoms with van der Waals surface area (Å²) >= 11 is 0. The molecule has 0 fully saturated rings. The molecular formula is C15H15NO. The number of hydrogen-bond acceptors (Lipinski definition) is 1. The van der Waals surface area contributed by atoms with Gasteiger partial charge in [-0.15, -0.1) is 0 Å². The molecule has 0 unspecified atom stereocenters. The minimum Gasteiger partial charge on any atom is -0.329 e. The smallest absolute Gasteiger partial charge is 0.211 e. The van der Waals surface area contributed by atoms with E-state index < -0.39 is 0 Å². The highest BCUT2D eigenvalue weighted by Crippen LogP contribution is 2.13. The van der Waals surface area contributed by atoms with Crippen molar-refractivity contribution in [2.24, 2.45) is 0 Å². The number of nitrogens with one attached hydrogen (secondary N) is 1. The average Bonchev–Trinajstić information content (AvgIpc) is 2.35. The first-order valence-corrected chi connectivity index (χ1v) is 5.62. The van der Waals surface area contributed by atoms with E-state index in [1.54, 1.807) is 0 Å². The van der Waals surface area contributed by atoms with E-state index in [9.17, 15) is 4.79 Å². The second kappa shape index (κ2) is 5.30. The standard InChI is InChI=1S/C15H15NO/c1-12-2-4-13(5-3-12)10-14-6-8-15(9-7-14)16-11-17/h2-9,11H,10H2,1H3,(H,16,17). The summed E-state index contributed by atoms with van der Waals surface area (Å²) in [7, 11) is 0. The Kier molecular flexibility index (Phi) is 3.55. The molecule has 2 nitrogen and oxygen atoms in total. The van der Waals surface area contributed by atoms with Crippen molar-refractivity contribution in [3.8, 4) is 0 Å². The van der Waals surface area contributed by atoms with Gasteiger partial charge in [0.1, 0.15) is 0 Å². The van der Waals surface area contributed by atoms with Crippen LogP contribution in [-0.4, -0.2) is 6.41 Å². The molecule has 17 heavy (non-hydrogen) atoms. The van der Waals surface area contributed by atoms with Crippen LogP contribution in [-0.2, 0) is 11.2 Å². The first-order chi connectivity index (χ1) is 8.28. The molecular weight excluding hydrogens is 210 g/mol. The molecule has 0 saturated heterocycles. The molecule has 1 N–H and O–H groups in total. The Labute approximate surface area is 101 Å². The third-order valence-electron chi connectivity index (χ3n) is 2.71. The van der Waals surface area contributed by atoms with Crippen LogP contribution in [0.4, 0.5) is 5.69 Å². The molecule has 0 bridgehead atoms. The van der Waals surface area contributed by atoms with Gasteiger partial charge >= 0.3 is 0 Å². The van der Waals surface area contributed by atoms with Gasteiger partial charge in [-0.2, -0.15) is 0 Å². The number of carbonyl (C=O) groups is 1. The quantitative estimate of drug-likeness (QED) is 0.796. The summed E-state index contributed by atoms with van der Waals surface area (Å²) in [5.41, 5.74) is 4.64. The summed E-state index contributed by atoms with van der Waals surface area (Å²) in [6.07, 6.45) is 1.61. The van der Waals surface area contributed by atoms with Gasteiger partial charge < -0.3 is 5.32 Å². The number of aryl methyl sites for hydroxylation is 1. The predicted molar refractivity (Wildman–Crippen MR) is 70.1 cm³/mol. The molecule has 86 valence electrons. The summed E-state index contributed by atoms with van der Waals surface area (Å²) in [4.78, 5) is 10.3. The third kappa shape index (κ3) is 3.18. The van der Waals surface area contributed by atoms with E-state index in [2.05, 4.69) is 36.5 Å². The molecule has 0 heterocycles. The van der Waals surface area contributed by atoms with Gasteiger partial charge in [0.25, 0.3) is 0 Å². The van der Waals surface area contributed by atoms with Gasteiger partial charge in [-0.1, -0.05) is 42.0 Å². The lowest BCUT2D eigenvalue weighted by Crippen LogP contribution is -1.94. The van der Waals surface area contributed by atoms with Crippen LogP contribution in [0.2, 0.25) is 0 Å². The maximum absolute atomic E-state index is 10.3. The molecule has 2 heteroatoms. The van der Waals surface area contributed by atoms with Gasteiger partial charge in [0.2, 0.25) is 6.41 Å². The normalized spacial score (nSPS) is 9.94. The van der Waals surface area contributed by atoms with E-state index in [0.717, 1.165) is 12.1 Å². The molecule has 0 aliphatic rings. The van der Waals surface area contributed by atoms with Crippen molar-refractivity contribution in [3.05, 3.63) is 65.2 Å². The van der Waals surface area contributed by atoms with Crippen LogP contribution < -0.4 is 5.32 Å². The Balaban J connectivity index is 2.08. The highest BCUT2D eigenvalue weighted by atomic mass is 16.1. The van der Waals surface area contributed by atoms with Crippen LogP contribution in [0.15, 0.2) is 48.5 Å². The van der Waals surface area contributed by atoms with E-state index in [1.165, 1.54) is 16.7 Å². The van der Waals surface area contributed by atoms with Crippen LogP contribution in [0.5, 0.6) is 0 Å². The zero-order valence-corrected chi connectivity index (χ0v) is 9.81. The maximum Gasteiger partial charge on any atom is 0.211 e. The van der Waals surface area contributed by atoms with Gasteiger partial charge in [-0.05, 0) is 36.6 Å². The van der Waals surface area contributed by atoms with Gasteiger partial charge in [-0.25, -0.2) is 0 Å². The zero-order chi connectivity index (χ0) is 12.1. The van der Waals surface area contributed by atoms with Crippen LogP contribution >= 0.6 is 0 Å². The fourth-order valence-electron chi connectivity index (χ4n) is 1.73. The van der Waals surface area contributed by atoms with Gasteiger partial charge in [0, 0.05) is 5.69 Å². The van der Waals surface area contributed by atoms with Gasteiger partial charge in [0.15, 0.2) is 0 Å². The monoisotopic (exact) mass is 225 g/mol. The molecule has 0 aromatic heterocycles. The number of hydrogen-bond donors (Lipinski definition) is 1. The number of rotatable bonds is 4. The van der Waals surface area contributed by atoms with Gasteiger partial charge in [-0.3, -0.25) is 4.79 Å². The van der Waals surface area contributed by atoms with Crippen LogP contribution in [0, 0.1) is 6.92 Å². The average molecular weight is 225 g/mol. The molecule has 0 aliphatic carbocycles. The largest absolute Gasteiger partial charge is 0.329 e. The van der Waals surface area contributed by atoms with Crippen molar-refractivity contribution in [1.29, 1.82) is 0 Å². The SMILES string of the molecule is Cc1ccc(Cc2ccc(NC=O)cc2)cc1. The van der Waals surface area contributed by atoms with E-state index in [4.69, 9.17) is 0 Å². The zero-order valence-electron chi connectivity index (χ0n) is 9.81. The maximum atomic E-state index is 10.3. The van der Waals surface area contributed by atoms with Crippen molar-refractivity contribution < 1.29 is 4.79 Å². The van der Waals surface area contributed by atoms with Crippen LogP contribution in [0.25, 0.3) is 0 Å². The summed E-state index contributed by atoms with van der Waals surface area (Å²) in [5.74, 6) is 0. The van der Waals surface area contributed by atoms with Crippen molar-refractivity contribution in [3.63, 3.8) is 0 Å². The molecule has 1 amide bonds. The molecule has 0 spiro atoms. The van der Waals surface area contributed by atoms with E-state index >= 15 is 0 Å². The van der Waals surface area contributed by atoms with Crippen molar-refractivity contribution in [2.75, 3.05) is 5.32 Å². The Morgan fingerprint density at radius 2 is 1.47 bits per heavy atom. The first kappa shape index (κ1) is 11.4. The summed E-state index contributed by atoms with van der Waals surface area (Å²) in [6.45, 7) is 2.09. The highest BCUT2D eigenvalue weighted by molar-refractivity contribution is 5.71. The number of anilines is 1. The molecule has 2 aromatic carbocycles. The minimum atomic E-state index is 0.689. The molecule has 2 aromatic rings. The molecule has 0 atom stereocenters. The van der Waals surface area contributed by atoms with E-state index in [1.807, 2.05) is 24.3 Å². The third-order valence-corrected chi connectivity index (χ3v) is 2.71. The Morgan fingerprint density at radius 1 is 0.941 bits per heavy atom. The lowest BCUT2D eigenvalue weighted by Gasteiger charge is -2.04. The Morgan fingerprint density at radius 3 is 2.00 bits per heavy atom. The van der Waals surface area contributed by atoms with Crippen molar-refractivity contribution >= 4 is 12.1 Å². The van der Waals surface area contributed by atoms with Crippen LogP contribution in [0.3, 0.4) is 0 Å². The summed E-state index contributed by atoms with van der Waals surface area (Å²) in [5, 5.41) is 2.63. The second-order valence-corrected chi connectivity index (χ2v) is 4.12. The first-order valence-electron chi connectivity index (χ1n) is 5.62. The number of carbonyl (C=O) groups excluding carboxylic acids is 1. The lowest BCUT2D eigenvalue weighted by atomic mass is 10.0. The highest BCUT2D eigenvalue weighted by Gasteiger charge is 1.96. The van der Waals surface area contributed by atoms with Crippen LogP contribution in [0.1, 0.15) is 16.7 Å².